The van der Waals surface area contributed by atoms with E-state index in [1.165, 1.54) is 52.2 Å². The van der Waals surface area contributed by atoms with E-state index in [1.54, 1.807) is 0 Å². The highest BCUT2D eigenvalue weighted by Gasteiger charge is 2.35. The standard InChI is InChI=1S/C20H24N2/c1-12-9-13(2)17-14(10-12)11-20(3,4)19-18(17)21-15-7-5-6-8-16(15)22-19/h9-10H,5-8,11H2,1-4H3. The molecule has 0 N–H and O–H groups in total. The van der Waals surface area contributed by atoms with Gasteiger partial charge in [-0.05, 0) is 57.1 Å². The molecule has 1 aromatic carbocycles. The second-order valence-electron chi connectivity index (χ2n) is 7.70. The van der Waals surface area contributed by atoms with Crippen LogP contribution >= 0.6 is 0 Å². The van der Waals surface area contributed by atoms with Gasteiger partial charge in [0.2, 0.25) is 0 Å². The highest BCUT2D eigenvalue weighted by molar-refractivity contribution is 5.74. The smallest absolute Gasteiger partial charge is 0.0932 e. The van der Waals surface area contributed by atoms with Crippen molar-refractivity contribution in [3.05, 3.63) is 45.9 Å². The molecular weight excluding hydrogens is 268 g/mol. The summed E-state index contributed by atoms with van der Waals surface area (Å²) in [6.07, 6.45) is 5.77. The lowest BCUT2D eigenvalue weighted by Crippen LogP contribution is -2.30. The molecule has 0 aliphatic heterocycles. The van der Waals surface area contributed by atoms with E-state index in [2.05, 4.69) is 39.8 Å². The minimum absolute atomic E-state index is 0.0715. The molecule has 2 heteroatoms. The molecule has 114 valence electrons. The molecule has 1 heterocycles. The van der Waals surface area contributed by atoms with E-state index in [0.717, 1.165) is 25.0 Å². The molecule has 0 atom stereocenters. The molecule has 2 aromatic rings. The molecule has 2 nitrogen and oxygen atoms in total. The molecule has 4 rings (SSSR count). The van der Waals surface area contributed by atoms with Crippen molar-refractivity contribution >= 4 is 0 Å². The SMILES string of the molecule is Cc1cc(C)c2c(c1)CC(C)(C)c1nc3c(nc1-2)CCCC3. The van der Waals surface area contributed by atoms with Crippen LogP contribution in [0.25, 0.3) is 11.3 Å². The fourth-order valence-corrected chi connectivity index (χ4v) is 4.23. The van der Waals surface area contributed by atoms with E-state index in [9.17, 15) is 0 Å². The summed E-state index contributed by atoms with van der Waals surface area (Å²) in [4.78, 5) is 10.2. The molecular formula is C20H24N2. The monoisotopic (exact) mass is 292 g/mol. The lowest BCUT2D eigenvalue weighted by Gasteiger charge is -2.34. The predicted octanol–water partition coefficient (Wildman–Crippen LogP) is 4.47. The summed E-state index contributed by atoms with van der Waals surface area (Å²) in [5.41, 5.74) is 10.4. The van der Waals surface area contributed by atoms with Gasteiger partial charge in [0.1, 0.15) is 0 Å². The minimum Gasteiger partial charge on any atom is -0.253 e. The Kier molecular flexibility index (Phi) is 2.94. The summed E-state index contributed by atoms with van der Waals surface area (Å²) in [6.45, 7) is 9.04. The van der Waals surface area contributed by atoms with Crippen LogP contribution in [0.2, 0.25) is 0 Å². The second kappa shape index (κ2) is 4.65. The van der Waals surface area contributed by atoms with E-state index in [1.807, 2.05) is 0 Å². The summed E-state index contributed by atoms with van der Waals surface area (Å²) >= 11 is 0. The van der Waals surface area contributed by atoms with Gasteiger partial charge in [-0.25, -0.2) is 4.98 Å². The average Bonchev–Trinajstić information content (AvgIpc) is 2.44. The Labute approximate surface area is 133 Å². The molecule has 0 saturated carbocycles. The first-order valence-corrected chi connectivity index (χ1v) is 8.46. The van der Waals surface area contributed by atoms with Gasteiger partial charge in [0.25, 0.3) is 0 Å². The zero-order chi connectivity index (χ0) is 15.5. The average molecular weight is 292 g/mol. The van der Waals surface area contributed by atoms with Gasteiger partial charge in [-0.2, -0.15) is 0 Å². The molecule has 2 aliphatic carbocycles. The molecule has 0 fully saturated rings. The number of hydrogen-bond donors (Lipinski definition) is 0. The van der Waals surface area contributed by atoms with Crippen molar-refractivity contribution in [1.29, 1.82) is 0 Å². The van der Waals surface area contributed by atoms with E-state index in [0.29, 0.717) is 0 Å². The lowest BCUT2D eigenvalue weighted by atomic mass is 9.73. The molecule has 0 unspecified atom stereocenters. The van der Waals surface area contributed by atoms with E-state index >= 15 is 0 Å². The number of hydrogen-bond acceptors (Lipinski definition) is 2. The Balaban J connectivity index is 2.03. The Morgan fingerprint density at radius 3 is 2.36 bits per heavy atom. The Morgan fingerprint density at radius 1 is 0.955 bits per heavy atom. The third-order valence-electron chi connectivity index (χ3n) is 5.20. The molecule has 0 bridgehead atoms. The van der Waals surface area contributed by atoms with Crippen LogP contribution in [0.15, 0.2) is 12.1 Å². The van der Waals surface area contributed by atoms with Crippen LogP contribution in [0.4, 0.5) is 0 Å². The van der Waals surface area contributed by atoms with Gasteiger partial charge in [-0.1, -0.05) is 31.5 Å². The number of aromatic nitrogens is 2. The minimum atomic E-state index is 0.0715. The topological polar surface area (TPSA) is 25.8 Å². The van der Waals surface area contributed by atoms with Crippen LogP contribution in [0.5, 0.6) is 0 Å². The molecule has 2 aliphatic rings. The van der Waals surface area contributed by atoms with Crippen molar-refractivity contribution in [1.82, 2.24) is 9.97 Å². The van der Waals surface area contributed by atoms with Crippen LogP contribution in [-0.2, 0) is 24.7 Å². The first-order valence-electron chi connectivity index (χ1n) is 8.46. The number of aryl methyl sites for hydroxylation is 4. The van der Waals surface area contributed by atoms with E-state index in [4.69, 9.17) is 9.97 Å². The summed E-state index contributed by atoms with van der Waals surface area (Å²) in [5.74, 6) is 0. The number of nitrogens with zero attached hydrogens (tertiary/aromatic N) is 2. The fraction of sp³-hybridized carbons (Fsp3) is 0.500. The molecule has 1 aromatic heterocycles. The maximum Gasteiger partial charge on any atom is 0.0932 e. The van der Waals surface area contributed by atoms with E-state index in [-0.39, 0.29) is 5.41 Å². The van der Waals surface area contributed by atoms with Crippen molar-refractivity contribution in [2.24, 2.45) is 0 Å². The van der Waals surface area contributed by atoms with Crippen molar-refractivity contribution in [2.45, 2.75) is 65.2 Å². The van der Waals surface area contributed by atoms with Crippen LogP contribution < -0.4 is 0 Å². The highest BCUT2D eigenvalue weighted by Crippen LogP contribution is 2.43. The second-order valence-corrected chi connectivity index (χ2v) is 7.70. The maximum absolute atomic E-state index is 5.12. The Morgan fingerprint density at radius 2 is 1.64 bits per heavy atom. The van der Waals surface area contributed by atoms with Crippen molar-refractivity contribution in [3.8, 4) is 11.3 Å². The van der Waals surface area contributed by atoms with Gasteiger partial charge in [-0.3, -0.25) is 4.98 Å². The molecule has 0 spiro atoms. The van der Waals surface area contributed by atoms with Crippen LogP contribution in [0, 0.1) is 13.8 Å². The van der Waals surface area contributed by atoms with Crippen LogP contribution in [0.1, 0.15) is 60.5 Å². The first-order chi connectivity index (χ1) is 10.5. The van der Waals surface area contributed by atoms with Gasteiger partial charge in [0.15, 0.2) is 0 Å². The van der Waals surface area contributed by atoms with Crippen molar-refractivity contribution in [3.63, 3.8) is 0 Å². The van der Waals surface area contributed by atoms with Gasteiger partial charge in [0.05, 0.1) is 22.8 Å². The fourth-order valence-electron chi connectivity index (χ4n) is 4.23. The van der Waals surface area contributed by atoms with Crippen molar-refractivity contribution < 1.29 is 0 Å². The summed E-state index contributed by atoms with van der Waals surface area (Å²) in [5, 5.41) is 0. The molecule has 0 amide bonds. The number of fused-ring (bicyclic) bond motifs is 4. The normalized spacial score (nSPS) is 18.4. The van der Waals surface area contributed by atoms with Crippen LogP contribution in [0.3, 0.4) is 0 Å². The van der Waals surface area contributed by atoms with Crippen molar-refractivity contribution in [2.75, 3.05) is 0 Å². The third kappa shape index (κ3) is 2.00. The third-order valence-corrected chi connectivity index (χ3v) is 5.20. The molecule has 22 heavy (non-hydrogen) atoms. The Hall–Kier alpha value is -1.70. The largest absolute Gasteiger partial charge is 0.253 e. The quantitative estimate of drug-likeness (QED) is 0.716. The lowest BCUT2D eigenvalue weighted by molar-refractivity contribution is 0.489. The van der Waals surface area contributed by atoms with Gasteiger partial charge >= 0.3 is 0 Å². The first kappa shape index (κ1) is 13.9. The van der Waals surface area contributed by atoms with E-state index < -0.39 is 0 Å². The van der Waals surface area contributed by atoms with Gasteiger partial charge in [-0.15, -0.1) is 0 Å². The summed E-state index contributed by atoms with van der Waals surface area (Å²) in [7, 11) is 0. The zero-order valence-corrected chi connectivity index (χ0v) is 14.1. The van der Waals surface area contributed by atoms with Crippen LogP contribution in [-0.4, -0.2) is 9.97 Å². The zero-order valence-electron chi connectivity index (χ0n) is 14.1. The number of benzene rings is 1. The summed E-state index contributed by atoms with van der Waals surface area (Å²) in [6, 6.07) is 4.62. The maximum atomic E-state index is 5.12. The highest BCUT2D eigenvalue weighted by atomic mass is 14.9. The predicted molar refractivity (Wildman–Crippen MR) is 90.3 cm³/mol. The summed E-state index contributed by atoms with van der Waals surface area (Å²) < 4.78 is 0. The molecule has 0 saturated heterocycles. The van der Waals surface area contributed by atoms with Gasteiger partial charge < -0.3 is 0 Å². The number of rotatable bonds is 0. The Bertz CT molecular complexity index is 772. The molecule has 0 radical (unpaired) electrons. The van der Waals surface area contributed by atoms with Gasteiger partial charge in [0, 0.05) is 11.0 Å².